The van der Waals surface area contributed by atoms with Crippen LogP contribution in [0.3, 0.4) is 0 Å². The van der Waals surface area contributed by atoms with E-state index in [-0.39, 0.29) is 36.7 Å². The van der Waals surface area contributed by atoms with Gasteiger partial charge in [-0.25, -0.2) is 35.4 Å². The molecule has 70 heavy (non-hydrogen) atoms. The number of carbonyl (C=O) groups is 2. The molecule has 0 aliphatic heterocycles. The zero-order valence-corrected chi connectivity index (χ0v) is 42.4. The van der Waals surface area contributed by atoms with Gasteiger partial charge >= 0.3 is 19.4 Å². The summed E-state index contributed by atoms with van der Waals surface area (Å²) in [6.45, 7) is 0.626. The number of phosphoric acid groups is 1. The second-order valence-electron chi connectivity index (χ2n) is 15.8. The van der Waals surface area contributed by atoms with Crippen LogP contribution >= 0.6 is 42.8 Å². The number of sulfone groups is 1. The van der Waals surface area contributed by atoms with Gasteiger partial charge in [0.1, 0.15) is 4.90 Å². The maximum absolute atomic E-state index is 14.3. The van der Waals surface area contributed by atoms with Crippen molar-refractivity contribution in [3.8, 4) is 0 Å². The van der Waals surface area contributed by atoms with E-state index in [2.05, 4.69) is 20.5 Å². The molecule has 0 unspecified atom stereocenters. The van der Waals surface area contributed by atoms with Crippen LogP contribution in [0.2, 0.25) is 5.02 Å². The van der Waals surface area contributed by atoms with Crippen LogP contribution in [0.5, 0.6) is 0 Å². The molecule has 1 atom stereocenters. The number of ether oxygens (including phenoxy) is 1. The molecule has 25 heteroatoms. The van der Waals surface area contributed by atoms with Crippen molar-refractivity contribution in [1.82, 2.24) is 14.9 Å². The summed E-state index contributed by atoms with van der Waals surface area (Å²) in [7, 11) is -16.2. The Balaban J connectivity index is 1.28. The lowest BCUT2D eigenvalue weighted by Crippen LogP contribution is -2.37. The molecule has 0 spiro atoms. The highest BCUT2D eigenvalue weighted by atomic mass is 35.5. The molecular formula is C45H53Cl2F3N5O11PS3. The van der Waals surface area contributed by atoms with E-state index in [0.29, 0.717) is 49.3 Å². The highest BCUT2D eigenvalue weighted by Gasteiger charge is 2.48. The summed E-state index contributed by atoms with van der Waals surface area (Å²) in [5.74, 6) is -0.813. The van der Waals surface area contributed by atoms with Crippen molar-refractivity contribution in [2.45, 2.75) is 71.2 Å². The van der Waals surface area contributed by atoms with Crippen LogP contribution in [-0.2, 0) is 33.7 Å². The van der Waals surface area contributed by atoms with E-state index in [9.17, 15) is 44.2 Å². The number of hydrogen-bond donors (Lipinski definition) is 6. The van der Waals surface area contributed by atoms with Crippen LogP contribution in [0, 0.1) is 0 Å². The maximum atomic E-state index is 14.3. The molecule has 1 aliphatic carbocycles. The van der Waals surface area contributed by atoms with E-state index < -0.39 is 73.5 Å². The lowest BCUT2D eigenvalue weighted by molar-refractivity contribution is -0.0436. The van der Waals surface area contributed by atoms with Crippen LogP contribution in [0.15, 0.2) is 117 Å². The number of nitrogens with zero attached hydrogens (tertiary/aromatic N) is 1. The van der Waals surface area contributed by atoms with E-state index in [1.807, 2.05) is 24.3 Å². The van der Waals surface area contributed by atoms with Crippen molar-refractivity contribution >= 4 is 91.6 Å². The Kier molecular flexibility index (Phi) is 21.3. The van der Waals surface area contributed by atoms with Crippen molar-refractivity contribution in [1.29, 1.82) is 0 Å². The van der Waals surface area contributed by atoms with E-state index in [1.165, 1.54) is 35.0 Å². The van der Waals surface area contributed by atoms with E-state index in [0.717, 1.165) is 53.2 Å². The monoisotopic (exact) mass is 1090 g/mol. The summed E-state index contributed by atoms with van der Waals surface area (Å²) in [4.78, 5) is 43.6. The predicted molar refractivity (Wildman–Crippen MR) is 264 cm³/mol. The Bertz CT molecular complexity index is 2690. The fourth-order valence-corrected chi connectivity index (χ4v) is 10.7. The number of halogens is 5. The molecule has 0 heterocycles. The Labute approximate surface area is 419 Å². The third-order valence-electron chi connectivity index (χ3n) is 10.8. The van der Waals surface area contributed by atoms with Gasteiger partial charge in [0.25, 0.3) is 25.8 Å². The molecule has 0 bridgehead atoms. The number of sulfonamides is 1. The number of unbranched alkanes of at least 4 members (excludes halogenated alkanes) is 1. The smallest absolute Gasteiger partial charge is 0.422 e. The van der Waals surface area contributed by atoms with Gasteiger partial charge in [-0.05, 0) is 123 Å². The van der Waals surface area contributed by atoms with Gasteiger partial charge in [-0.3, -0.25) is 4.79 Å². The van der Waals surface area contributed by atoms with Gasteiger partial charge in [-0.1, -0.05) is 47.5 Å². The summed E-state index contributed by atoms with van der Waals surface area (Å²) < 4.78 is 118. The minimum atomic E-state index is -6.24. The van der Waals surface area contributed by atoms with E-state index >= 15 is 0 Å². The highest BCUT2D eigenvalue weighted by Crippen LogP contribution is 2.38. The van der Waals surface area contributed by atoms with Crippen molar-refractivity contribution in [3.05, 3.63) is 119 Å². The van der Waals surface area contributed by atoms with Gasteiger partial charge in [-0.15, -0.1) is 23.4 Å². The van der Waals surface area contributed by atoms with Crippen LogP contribution < -0.4 is 20.7 Å². The van der Waals surface area contributed by atoms with Crippen LogP contribution in [-0.4, -0.2) is 106 Å². The molecule has 0 saturated heterocycles. The van der Waals surface area contributed by atoms with E-state index in [1.54, 1.807) is 47.2 Å². The number of nitrogens with one attached hydrogen (secondary N) is 4. The Morgan fingerprint density at radius 2 is 1.59 bits per heavy atom. The average molecular weight is 1100 g/mol. The molecule has 5 rings (SSSR count). The molecule has 0 fully saturated rings. The number of phosphoric ester groups is 1. The zero-order chi connectivity index (χ0) is 51.0. The quantitative estimate of drug-likeness (QED) is 0.0113. The number of thioether (sulfide) groups is 1. The molecule has 0 saturated carbocycles. The summed E-state index contributed by atoms with van der Waals surface area (Å²) in [5, 5.41) is 10.2. The molecule has 6 N–H and O–H groups in total. The zero-order valence-electron chi connectivity index (χ0n) is 37.5. The third-order valence-corrected chi connectivity index (χ3v) is 15.7. The summed E-state index contributed by atoms with van der Waals surface area (Å²) >= 11 is 13.1. The van der Waals surface area contributed by atoms with E-state index in [4.69, 9.17) is 37.7 Å². The fraction of sp³-hybridized carbons (Fsp3) is 0.378. The number of anilines is 2. The van der Waals surface area contributed by atoms with Gasteiger partial charge in [0.2, 0.25) is 6.79 Å². The normalized spacial score (nSPS) is 13.9. The number of hydrogen-bond acceptors (Lipinski definition) is 13. The van der Waals surface area contributed by atoms with Crippen molar-refractivity contribution in [2.75, 3.05) is 61.8 Å². The lowest BCUT2D eigenvalue weighted by Gasteiger charge is -2.27. The number of amides is 2. The topological polar surface area (TPSA) is 230 Å². The summed E-state index contributed by atoms with van der Waals surface area (Å²) in [5.41, 5.74) is -2.17. The van der Waals surface area contributed by atoms with Gasteiger partial charge in [0.15, 0.2) is 0 Å². The lowest BCUT2D eigenvalue weighted by atomic mass is 9.87. The molecule has 382 valence electrons. The number of benzene rings is 4. The first kappa shape index (κ1) is 56.6. The third kappa shape index (κ3) is 17.5. The Morgan fingerprint density at radius 1 is 0.886 bits per heavy atom. The molecule has 0 aromatic heterocycles. The second kappa shape index (κ2) is 26.4. The Morgan fingerprint density at radius 3 is 2.26 bits per heavy atom. The largest absolute Gasteiger partial charge is 0.501 e. The first-order chi connectivity index (χ1) is 33.2. The first-order valence-corrected chi connectivity index (χ1v) is 28.2. The van der Waals surface area contributed by atoms with Crippen LogP contribution in [0.25, 0.3) is 5.57 Å². The first-order valence-electron chi connectivity index (χ1n) is 21.8. The minimum absolute atomic E-state index is 0.0393. The second-order valence-corrected chi connectivity index (χ2v) is 22.5. The SMILES string of the molecule is O=C(NS(=O)(=O)c1ccc(N[C@H](CCN(CCCCCl)C(=O)OCOP(=O)(O)O)CSc2ccccc2)c(S(=O)(=O)C(F)(F)F)c1)c1ccc(NCCNCC2=C(c3ccc(Cl)cc3)CCCC2)cc1. The van der Waals surface area contributed by atoms with Gasteiger partial charge in [0.05, 0.1) is 10.6 Å². The fourth-order valence-electron chi connectivity index (χ4n) is 7.18. The molecule has 4 aromatic rings. The summed E-state index contributed by atoms with van der Waals surface area (Å²) in [6.07, 6.45) is 3.94. The van der Waals surface area contributed by atoms with Crippen LogP contribution in [0.4, 0.5) is 29.3 Å². The predicted octanol–water partition coefficient (Wildman–Crippen LogP) is 9.27. The maximum Gasteiger partial charge on any atom is 0.501 e. The van der Waals surface area contributed by atoms with Crippen molar-refractivity contribution in [2.24, 2.45) is 0 Å². The molecule has 2 amide bonds. The number of carbonyl (C=O) groups excluding carboxylic acids is 2. The number of rotatable bonds is 26. The highest BCUT2D eigenvalue weighted by molar-refractivity contribution is 7.99. The standard InChI is InChI=1S/C45H53Cl2F3N5O11PS3/c46-23-6-7-26-55(44(57)65-31-66-67(58,59)60)27-22-37(30-68-38-9-2-1-3-10-38)53-41-21-20-39(28-42(41)69(61,62)45(48,49)50)70(63,64)54-43(56)33-14-18-36(19-15-33)52-25-24-51-29-34-8-4-5-11-40(34)32-12-16-35(47)17-13-32/h1-3,9-10,12-21,28,37,51-53H,4-8,11,22-27,29-31H2,(H,54,56)(H2,58,59,60)/t37-/m1/s1. The molecule has 1 aliphatic rings. The number of alkyl halides is 4. The van der Waals surface area contributed by atoms with Gasteiger partial charge in [-0.2, -0.15) is 13.2 Å². The molecule has 16 nitrogen and oxygen atoms in total. The van der Waals surface area contributed by atoms with Crippen LogP contribution in [0.1, 0.15) is 60.9 Å². The van der Waals surface area contributed by atoms with Gasteiger partial charge in [0, 0.05) is 71.6 Å². The molecular weight excluding hydrogens is 1040 g/mol. The minimum Gasteiger partial charge on any atom is -0.422 e. The molecule has 4 aromatic carbocycles. The Hall–Kier alpha value is -4.35. The van der Waals surface area contributed by atoms with Crippen molar-refractivity contribution < 1.29 is 63.2 Å². The van der Waals surface area contributed by atoms with Gasteiger partial charge < -0.3 is 35.4 Å². The number of allylic oxidation sites excluding steroid dienone is 1. The van der Waals surface area contributed by atoms with Crippen molar-refractivity contribution in [3.63, 3.8) is 0 Å². The summed E-state index contributed by atoms with van der Waals surface area (Å²) in [6, 6.07) is 23.5. The average Bonchev–Trinajstić information content (AvgIpc) is 3.31. The molecule has 0 radical (unpaired) electrons.